The second-order valence-electron chi connectivity index (χ2n) is 4.08. The number of hydrogen-bond donors (Lipinski definition) is 1. The van der Waals surface area contributed by atoms with Crippen molar-refractivity contribution in [1.29, 1.82) is 0 Å². The van der Waals surface area contributed by atoms with Gasteiger partial charge in [-0.05, 0) is 12.8 Å². The minimum Gasteiger partial charge on any atom is -0.481 e. The van der Waals surface area contributed by atoms with Gasteiger partial charge in [0.05, 0.1) is 6.42 Å². The molecule has 80 valence electrons. The SMILES string of the molecule is CC(C)C(=O)N1CCCC1CC(=O)O. The number of hydrogen-bond acceptors (Lipinski definition) is 2. The Hall–Kier alpha value is -1.06. The van der Waals surface area contributed by atoms with E-state index >= 15 is 0 Å². The lowest BCUT2D eigenvalue weighted by molar-refractivity contribution is -0.140. The summed E-state index contributed by atoms with van der Waals surface area (Å²) in [5.41, 5.74) is 0. The van der Waals surface area contributed by atoms with E-state index in [-0.39, 0.29) is 24.3 Å². The van der Waals surface area contributed by atoms with Crippen molar-refractivity contribution in [3.05, 3.63) is 0 Å². The fourth-order valence-electron chi connectivity index (χ4n) is 1.87. The van der Waals surface area contributed by atoms with Gasteiger partial charge in [-0.3, -0.25) is 9.59 Å². The molecule has 1 aliphatic rings. The zero-order valence-electron chi connectivity index (χ0n) is 8.69. The van der Waals surface area contributed by atoms with E-state index in [0.717, 1.165) is 19.4 Å². The fraction of sp³-hybridized carbons (Fsp3) is 0.800. The lowest BCUT2D eigenvalue weighted by Crippen LogP contribution is -2.39. The maximum atomic E-state index is 11.7. The molecule has 1 N–H and O–H groups in total. The highest BCUT2D eigenvalue weighted by Gasteiger charge is 2.31. The molecule has 1 amide bonds. The molecule has 4 nitrogen and oxygen atoms in total. The van der Waals surface area contributed by atoms with Crippen LogP contribution in [0.1, 0.15) is 33.1 Å². The van der Waals surface area contributed by atoms with Crippen LogP contribution in [0.2, 0.25) is 0 Å². The molecule has 1 unspecified atom stereocenters. The average molecular weight is 199 g/mol. The molecule has 1 heterocycles. The van der Waals surface area contributed by atoms with Crippen LogP contribution in [0.5, 0.6) is 0 Å². The standard InChI is InChI=1S/C10H17NO3/c1-7(2)10(14)11-5-3-4-8(11)6-9(12)13/h7-8H,3-6H2,1-2H3,(H,12,13). The lowest BCUT2D eigenvalue weighted by atomic mass is 10.1. The molecule has 14 heavy (non-hydrogen) atoms. The molecule has 1 rings (SSSR count). The Morgan fingerprint density at radius 2 is 2.14 bits per heavy atom. The fourth-order valence-corrected chi connectivity index (χ4v) is 1.87. The highest BCUT2D eigenvalue weighted by Crippen LogP contribution is 2.21. The van der Waals surface area contributed by atoms with Gasteiger partial charge in [0.15, 0.2) is 0 Å². The number of carbonyl (C=O) groups excluding carboxylic acids is 1. The van der Waals surface area contributed by atoms with E-state index in [1.165, 1.54) is 0 Å². The number of carbonyl (C=O) groups is 2. The predicted molar refractivity (Wildman–Crippen MR) is 51.8 cm³/mol. The summed E-state index contributed by atoms with van der Waals surface area (Å²) in [5, 5.41) is 8.67. The monoisotopic (exact) mass is 199 g/mol. The molecular formula is C10H17NO3. The normalized spacial score (nSPS) is 21.6. The van der Waals surface area contributed by atoms with E-state index in [1.54, 1.807) is 4.90 Å². The topological polar surface area (TPSA) is 57.6 Å². The number of nitrogens with zero attached hydrogens (tertiary/aromatic N) is 1. The summed E-state index contributed by atoms with van der Waals surface area (Å²) in [6, 6.07) is -0.0811. The highest BCUT2D eigenvalue weighted by atomic mass is 16.4. The van der Waals surface area contributed by atoms with E-state index in [0.29, 0.717) is 0 Å². The first-order valence-corrected chi connectivity index (χ1v) is 5.04. The van der Waals surface area contributed by atoms with Crippen molar-refractivity contribution < 1.29 is 14.7 Å². The van der Waals surface area contributed by atoms with Crippen LogP contribution in [-0.4, -0.2) is 34.5 Å². The Labute approximate surface area is 83.9 Å². The number of amides is 1. The summed E-state index contributed by atoms with van der Waals surface area (Å²) in [4.78, 5) is 23.9. The Morgan fingerprint density at radius 3 is 2.64 bits per heavy atom. The molecule has 4 heteroatoms. The number of carboxylic acid groups (broad SMARTS) is 1. The summed E-state index contributed by atoms with van der Waals surface area (Å²) in [6.45, 7) is 4.41. The molecule has 1 atom stereocenters. The number of likely N-dealkylation sites (tertiary alicyclic amines) is 1. The van der Waals surface area contributed by atoms with Crippen LogP contribution in [0.25, 0.3) is 0 Å². The smallest absolute Gasteiger partial charge is 0.305 e. The Bertz CT molecular complexity index is 238. The zero-order chi connectivity index (χ0) is 10.7. The third-order valence-corrected chi connectivity index (χ3v) is 2.56. The van der Waals surface area contributed by atoms with Crippen LogP contribution < -0.4 is 0 Å². The summed E-state index contributed by atoms with van der Waals surface area (Å²) in [7, 11) is 0. The Balaban J connectivity index is 2.59. The largest absolute Gasteiger partial charge is 0.481 e. The van der Waals surface area contributed by atoms with E-state index in [1.807, 2.05) is 13.8 Å². The van der Waals surface area contributed by atoms with Gasteiger partial charge in [0.2, 0.25) is 5.91 Å². The first-order valence-electron chi connectivity index (χ1n) is 5.04. The second-order valence-corrected chi connectivity index (χ2v) is 4.08. The summed E-state index contributed by atoms with van der Waals surface area (Å²) in [5.74, 6) is -0.781. The van der Waals surface area contributed by atoms with Gasteiger partial charge >= 0.3 is 5.97 Å². The van der Waals surface area contributed by atoms with Crippen molar-refractivity contribution in [1.82, 2.24) is 4.90 Å². The van der Waals surface area contributed by atoms with Crippen LogP contribution in [0.4, 0.5) is 0 Å². The third-order valence-electron chi connectivity index (χ3n) is 2.56. The quantitative estimate of drug-likeness (QED) is 0.740. The minimum absolute atomic E-state index is 0.0376. The second kappa shape index (κ2) is 4.44. The zero-order valence-corrected chi connectivity index (χ0v) is 8.69. The Morgan fingerprint density at radius 1 is 1.50 bits per heavy atom. The molecule has 1 fully saturated rings. The molecule has 0 saturated carbocycles. The van der Waals surface area contributed by atoms with Gasteiger partial charge in [0, 0.05) is 18.5 Å². The van der Waals surface area contributed by atoms with E-state index in [9.17, 15) is 9.59 Å². The highest BCUT2D eigenvalue weighted by molar-refractivity contribution is 5.79. The molecule has 0 spiro atoms. The van der Waals surface area contributed by atoms with Crippen molar-refractivity contribution in [2.24, 2.45) is 5.92 Å². The van der Waals surface area contributed by atoms with Gasteiger partial charge in [-0.15, -0.1) is 0 Å². The molecule has 0 radical (unpaired) electrons. The Kier molecular flexibility index (Phi) is 3.49. The van der Waals surface area contributed by atoms with Crippen molar-refractivity contribution in [3.8, 4) is 0 Å². The molecule has 1 aliphatic heterocycles. The number of aliphatic carboxylic acids is 1. The predicted octanol–water partition coefficient (Wildman–Crippen LogP) is 1.11. The summed E-state index contributed by atoms with van der Waals surface area (Å²) >= 11 is 0. The van der Waals surface area contributed by atoms with Crippen molar-refractivity contribution in [3.63, 3.8) is 0 Å². The van der Waals surface area contributed by atoms with Crippen LogP contribution in [0.15, 0.2) is 0 Å². The van der Waals surface area contributed by atoms with Crippen LogP contribution in [0.3, 0.4) is 0 Å². The lowest BCUT2D eigenvalue weighted by Gasteiger charge is -2.25. The van der Waals surface area contributed by atoms with Gasteiger partial charge in [-0.25, -0.2) is 0 Å². The van der Waals surface area contributed by atoms with Gasteiger partial charge < -0.3 is 10.0 Å². The average Bonchev–Trinajstić information content (AvgIpc) is 2.49. The maximum absolute atomic E-state index is 11.7. The van der Waals surface area contributed by atoms with Crippen molar-refractivity contribution >= 4 is 11.9 Å². The van der Waals surface area contributed by atoms with Gasteiger partial charge in [0.1, 0.15) is 0 Å². The van der Waals surface area contributed by atoms with E-state index in [2.05, 4.69) is 0 Å². The van der Waals surface area contributed by atoms with Crippen LogP contribution in [-0.2, 0) is 9.59 Å². The first-order chi connectivity index (χ1) is 6.52. The van der Waals surface area contributed by atoms with Crippen LogP contribution in [0, 0.1) is 5.92 Å². The van der Waals surface area contributed by atoms with Gasteiger partial charge in [-0.1, -0.05) is 13.8 Å². The molecule has 0 aromatic carbocycles. The number of carboxylic acids is 1. The molecule has 1 saturated heterocycles. The number of rotatable bonds is 3. The first kappa shape index (κ1) is 11.0. The van der Waals surface area contributed by atoms with Gasteiger partial charge in [-0.2, -0.15) is 0 Å². The van der Waals surface area contributed by atoms with Crippen LogP contribution >= 0.6 is 0 Å². The van der Waals surface area contributed by atoms with Gasteiger partial charge in [0.25, 0.3) is 0 Å². The molecule has 0 aliphatic carbocycles. The van der Waals surface area contributed by atoms with Crippen molar-refractivity contribution in [2.45, 2.75) is 39.2 Å². The van der Waals surface area contributed by atoms with Crippen molar-refractivity contribution in [2.75, 3.05) is 6.54 Å². The maximum Gasteiger partial charge on any atom is 0.305 e. The summed E-state index contributed by atoms with van der Waals surface area (Å²) in [6.07, 6.45) is 1.83. The molecule has 0 aromatic heterocycles. The summed E-state index contributed by atoms with van der Waals surface area (Å²) < 4.78 is 0. The molecule has 0 bridgehead atoms. The van der Waals surface area contributed by atoms with E-state index in [4.69, 9.17) is 5.11 Å². The minimum atomic E-state index is -0.821. The molecular weight excluding hydrogens is 182 g/mol. The third kappa shape index (κ3) is 2.47. The molecule has 0 aromatic rings. The van der Waals surface area contributed by atoms with E-state index < -0.39 is 5.97 Å².